The quantitative estimate of drug-likeness (QED) is 0.577. The number of hydrogen-bond donors (Lipinski definition) is 0. The average molecular weight is 290 g/mol. The summed E-state index contributed by atoms with van der Waals surface area (Å²) in [5, 5.41) is 0. The van der Waals surface area contributed by atoms with Gasteiger partial charge in [0.05, 0.1) is 0 Å². The Hall–Kier alpha value is -1.29. The van der Waals surface area contributed by atoms with E-state index < -0.39 is 44.1 Å². The smallest absolute Gasteiger partial charge is 0.428 e. The third-order valence-electron chi connectivity index (χ3n) is 1.38. The monoisotopic (exact) mass is 290 g/mol. The lowest BCUT2D eigenvalue weighted by Gasteiger charge is -2.19. The molecule has 0 aromatic carbocycles. The van der Waals surface area contributed by atoms with Gasteiger partial charge in [-0.15, -0.1) is 0 Å². The summed E-state index contributed by atoms with van der Waals surface area (Å²) in [7, 11) is 0. The molecule has 0 heterocycles. The van der Waals surface area contributed by atoms with Gasteiger partial charge in [-0.3, -0.25) is 0 Å². The van der Waals surface area contributed by atoms with Gasteiger partial charge in [0, 0.05) is 0 Å². The van der Waals surface area contributed by atoms with E-state index in [0.29, 0.717) is 0 Å². The van der Waals surface area contributed by atoms with E-state index >= 15 is 0 Å². The fourth-order valence-electron chi connectivity index (χ4n) is 0.476. The highest BCUT2D eigenvalue weighted by molar-refractivity contribution is 5.59. The van der Waals surface area contributed by atoms with E-state index in [1.54, 1.807) is 0 Å². The second kappa shape index (κ2) is 5.57. The SMILES string of the molecule is O=C(OCC(F)(F)CF)OCC(F)(F)C(F)(F)F. The van der Waals surface area contributed by atoms with Gasteiger partial charge < -0.3 is 9.47 Å². The van der Waals surface area contributed by atoms with Gasteiger partial charge >= 0.3 is 24.2 Å². The Bertz CT molecular complexity index is 287. The van der Waals surface area contributed by atoms with Crippen molar-refractivity contribution in [2.75, 3.05) is 19.9 Å². The van der Waals surface area contributed by atoms with Crippen molar-refractivity contribution < 1.29 is 49.4 Å². The molecule has 0 aliphatic heterocycles. The molecule has 0 aliphatic rings. The summed E-state index contributed by atoms with van der Waals surface area (Å²) in [6.45, 7) is -6.45. The van der Waals surface area contributed by atoms with E-state index in [9.17, 15) is 39.9 Å². The Morgan fingerprint density at radius 3 is 1.72 bits per heavy atom. The van der Waals surface area contributed by atoms with E-state index in [0.717, 1.165) is 0 Å². The van der Waals surface area contributed by atoms with Crippen LogP contribution in [0.5, 0.6) is 0 Å². The van der Waals surface area contributed by atoms with Crippen molar-refractivity contribution in [3.8, 4) is 0 Å². The second-order valence-corrected chi connectivity index (χ2v) is 3.02. The van der Waals surface area contributed by atoms with Crippen molar-refractivity contribution in [3.63, 3.8) is 0 Å². The first-order valence-corrected chi connectivity index (χ1v) is 4.09. The first-order valence-electron chi connectivity index (χ1n) is 4.09. The summed E-state index contributed by atoms with van der Waals surface area (Å²) in [6.07, 6.45) is -8.15. The van der Waals surface area contributed by atoms with Crippen LogP contribution in [0.3, 0.4) is 0 Å². The Morgan fingerprint density at radius 1 is 0.889 bits per heavy atom. The Labute approximate surface area is 94.6 Å². The summed E-state index contributed by atoms with van der Waals surface area (Å²) in [6, 6.07) is 0. The lowest BCUT2D eigenvalue weighted by molar-refractivity contribution is -0.293. The third kappa shape index (κ3) is 5.36. The first-order chi connectivity index (χ1) is 7.91. The zero-order chi connectivity index (χ0) is 14.6. The van der Waals surface area contributed by atoms with Gasteiger partial charge in [0.1, 0.15) is 0 Å². The minimum atomic E-state index is -5.96. The Morgan fingerprint density at radius 2 is 1.33 bits per heavy atom. The molecule has 0 radical (unpaired) electrons. The minimum Gasteiger partial charge on any atom is -0.428 e. The fraction of sp³-hybridized carbons (Fsp3) is 0.857. The van der Waals surface area contributed by atoms with Crippen LogP contribution in [-0.4, -0.2) is 44.1 Å². The van der Waals surface area contributed by atoms with E-state index in [2.05, 4.69) is 9.47 Å². The highest BCUT2D eigenvalue weighted by Crippen LogP contribution is 2.35. The molecule has 0 aromatic heterocycles. The predicted molar refractivity (Wildman–Crippen MR) is 39.2 cm³/mol. The van der Waals surface area contributed by atoms with E-state index in [-0.39, 0.29) is 0 Å². The molecule has 0 unspecified atom stereocenters. The summed E-state index contributed by atoms with van der Waals surface area (Å²) < 4.78 is 102. The largest absolute Gasteiger partial charge is 0.508 e. The molecule has 108 valence electrons. The molecule has 0 aromatic rings. The third-order valence-corrected chi connectivity index (χ3v) is 1.38. The Kier molecular flexibility index (Phi) is 5.17. The topological polar surface area (TPSA) is 35.5 Å². The fourth-order valence-corrected chi connectivity index (χ4v) is 0.476. The van der Waals surface area contributed by atoms with Gasteiger partial charge in [0.15, 0.2) is 19.9 Å². The van der Waals surface area contributed by atoms with Crippen molar-refractivity contribution in [2.24, 2.45) is 0 Å². The average Bonchev–Trinajstić information content (AvgIpc) is 2.22. The number of alkyl halides is 8. The molecule has 18 heavy (non-hydrogen) atoms. The number of ether oxygens (including phenoxy) is 2. The van der Waals surface area contributed by atoms with Crippen molar-refractivity contribution in [1.82, 2.24) is 0 Å². The van der Waals surface area contributed by atoms with Crippen LogP contribution in [0.15, 0.2) is 0 Å². The summed E-state index contributed by atoms with van der Waals surface area (Å²) >= 11 is 0. The summed E-state index contributed by atoms with van der Waals surface area (Å²) in [5.41, 5.74) is 0. The predicted octanol–water partition coefficient (Wildman–Crippen LogP) is 2.94. The van der Waals surface area contributed by atoms with Gasteiger partial charge in [-0.1, -0.05) is 0 Å². The molecule has 0 aliphatic carbocycles. The number of halogens is 8. The molecule has 3 nitrogen and oxygen atoms in total. The van der Waals surface area contributed by atoms with Crippen molar-refractivity contribution in [1.29, 1.82) is 0 Å². The van der Waals surface area contributed by atoms with Crippen LogP contribution in [0.2, 0.25) is 0 Å². The number of rotatable bonds is 5. The number of carbonyl (C=O) groups is 1. The van der Waals surface area contributed by atoms with Gasteiger partial charge in [-0.05, 0) is 0 Å². The molecule has 0 saturated heterocycles. The van der Waals surface area contributed by atoms with Crippen LogP contribution >= 0.6 is 0 Å². The molecule has 0 spiro atoms. The molecule has 11 heteroatoms. The second-order valence-electron chi connectivity index (χ2n) is 3.02. The summed E-state index contributed by atoms with van der Waals surface area (Å²) in [5.74, 6) is -9.40. The van der Waals surface area contributed by atoms with Crippen molar-refractivity contribution in [2.45, 2.75) is 18.0 Å². The van der Waals surface area contributed by atoms with Gasteiger partial charge in [-0.2, -0.15) is 30.7 Å². The maximum Gasteiger partial charge on any atom is 0.508 e. The lowest BCUT2D eigenvalue weighted by atomic mass is 10.3. The number of carbonyl (C=O) groups excluding carboxylic acids is 1. The minimum absolute atomic E-state index is 1.83. The van der Waals surface area contributed by atoms with E-state index in [1.807, 2.05) is 0 Å². The zero-order valence-electron chi connectivity index (χ0n) is 8.37. The maximum absolute atomic E-state index is 12.2. The molecular formula is C7H6F8O3. The molecule has 0 N–H and O–H groups in total. The molecule has 0 saturated carbocycles. The molecular weight excluding hydrogens is 284 g/mol. The van der Waals surface area contributed by atoms with Crippen LogP contribution in [-0.2, 0) is 9.47 Å². The van der Waals surface area contributed by atoms with Crippen LogP contribution < -0.4 is 0 Å². The van der Waals surface area contributed by atoms with E-state index in [1.165, 1.54) is 0 Å². The normalized spacial score (nSPS) is 13.3. The highest BCUT2D eigenvalue weighted by atomic mass is 19.4. The lowest BCUT2D eigenvalue weighted by Crippen LogP contribution is -2.41. The van der Waals surface area contributed by atoms with Crippen molar-refractivity contribution in [3.05, 3.63) is 0 Å². The molecule has 0 amide bonds. The standard InChI is InChI=1S/C7H6F8O3/c8-1-5(9,10)2-17-4(16)18-3-6(11,12)7(13,14)15/h1-3H2. The van der Waals surface area contributed by atoms with Crippen LogP contribution in [0.4, 0.5) is 39.9 Å². The molecule has 0 bridgehead atoms. The van der Waals surface area contributed by atoms with Gasteiger partial charge in [0.2, 0.25) is 0 Å². The molecule has 0 atom stereocenters. The van der Waals surface area contributed by atoms with Crippen molar-refractivity contribution >= 4 is 6.16 Å². The number of hydrogen-bond acceptors (Lipinski definition) is 3. The van der Waals surface area contributed by atoms with Gasteiger partial charge in [0.25, 0.3) is 0 Å². The highest BCUT2D eigenvalue weighted by Gasteiger charge is 2.58. The first kappa shape index (κ1) is 16.7. The Balaban J connectivity index is 4.13. The summed E-state index contributed by atoms with van der Waals surface area (Å²) in [4.78, 5) is 10.4. The van der Waals surface area contributed by atoms with Crippen LogP contribution in [0.25, 0.3) is 0 Å². The molecule has 0 rings (SSSR count). The van der Waals surface area contributed by atoms with Crippen LogP contribution in [0.1, 0.15) is 0 Å². The van der Waals surface area contributed by atoms with E-state index in [4.69, 9.17) is 0 Å². The zero-order valence-corrected chi connectivity index (χ0v) is 8.37. The maximum atomic E-state index is 12.2. The molecule has 0 fully saturated rings. The van der Waals surface area contributed by atoms with Gasteiger partial charge in [-0.25, -0.2) is 9.18 Å². The van der Waals surface area contributed by atoms with Crippen LogP contribution in [0, 0.1) is 0 Å².